The van der Waals surface area contributed by atoms with Gasteiger partial charge in [-0.25, -0.2) is 9.37 Å². The number of ether oxygens (including phenoxy) is 2. The number of carbonyl (C=O) groups excluding carboxylic acids is 1. The number of fused-ring (bicyclic) bond motifs is 1. The fourth-order valence-electron chi connectivity index (χ4n) is 3.68. The summed E-state index contributed by atoms with van der Waals surface area (Å²) < 4.78 is 26.8. The zero-order chi connectivity index (χ0) is 24.8. The molecule has 1 unspecified atom stereocenters. The Bertz CT molecular complexity index is 1390. The minimum absolute atomic E-state index is 0.114. The molecule has 3 aromatic carbocycles. The molecule has 8 heteroatoms. The van der Waals surface area contributed by atoms with E-state index in [4.69, 9.17) is 9.47 Å². The van der Waals surface area contributed by atoms with Crippen LogP contribution in [0.3, 0.4) is 0 Å². The number of nitrogens with one attached hydrogen (secondary N) is 1. The molecule has 4 rings (SSSR count). The maximum Gasteiger partial charge on any atom is 0.261 e. The first-order valence-corrected chi connectivity index (χ1v) is 11.3. The topological polar surface area (TPSA) is 82.5 Å². The van der Waals surface area contributed by atoms with Crippen LogP contribution in [0.15, 0.2) is 77.6 Å². The second-order valence-electron chi connectivity index (χ2n) is 7.96. The lowest BCUT2D eigenvalue weighted by atomic mass is 10.1. The van der Waals surface area contributed by atoms with Gasteiger partial charge >= 0.3 is 0 Å². The summed E-state index contributed by atoms with van der Waals surface area (Å²) >= 11 is 0. The van der Waals surface area contributed by atoms with Crippen molar-refractivity contribution in [3.05, 3.63) is 100 Å². The average molecular weight is 476 g/mol. The number of rotatable bonds is 9. The van der Waals surface area contributed by atoms with Crippen LogP contribution in [-0.4, -0.2) is 28.2 Å². The fourth-order valence-corrected chi connectivity index (χ4v) is 3.68. The van der Waals surface area contributed by atoms with E-state index in [9.17, 15) is 14.0 Å². The highest BCUT2D eigenvalue weighted by Crippen LogP contribution is 2.18. The van der Waals surface area contributed by atoms with Crippen LogP contribution in [0.4, 0.5) is 10.1 Å². The number of hydrogen-bond donors (Lipinski definition) is 1. The predicted octanol–water partition coefficient (Wildman–Crippen LogP) is 4.24. The number of para-hydroxylation sites is 2. The number of amides is 1. The first-order chi connectivity index (χ1) is 17.0. The second kappa shape index (κ2) is 10.9. The van der Waals surface area contributed by atoms with E-state index in [0.29, 0.717) is 35.5 Å². The molecule has 0 saturated carbocycles. The highest BCUT2D eigenvalue weighted by molar-refractivity contribution is 5.94. The van der Waals surface area contributed by atoms with Crippen LogP contribution in [0.25, 0.3) is 10.9 Å². The number of anilines is 1. The van der Waals surface area contributed by atoms with Crippen molar-refractivity contribution in [2.75, 3.05) is 11.9 Å². The number of halogens is 1. The lowest BCUT2D eigenvalue weighted by molar-refractivity contribution is -0.127. The molecule has 0 radical (unpaired) electrons. The fraction of sp³-hybridized carbons (Fsp3) is 0.222. The number of carbonyl (C=O) groups is 1. The minimum atomic E-state index is -0.775. The SMILES string of the molecule is CCOC(Cc1ccc(OCc2nc3ccccc3c(=O)n2C)cc1)C(=O)Nc1ccccc1F. The summed E-state index contributed by atoms with van der Waals surface area (Å²) in [5, 5.41) is 3.15. The summed E-state index contributed by atoms with van der Waals surface area (Å²) in [6.45, 7) is 2.27. The van der Waals surface area contributed by atoms with Crippen LogP contribution >= 0.6 is 0 Å². The quantitative estimate of drug-likeness (QED) is 0.392. The zero-order valence-corrected chi connectivity index (χ0v) is 19.5. The van der Waals surface area contributed by atoms with E-state index in [2.05, 4.69) is 10.3 Å². The number of nitrogens with zero attached hydrogens (tertiary/aromatic N) is 2. The maximum atomic E-state index is 13.9. The maximum absolute atomic E-state index is 13.9. The third kappa shape index (κ3) is 5.73. The normalized spacial score (nSPS) is 11.9. The molecule has 4 aromatic rings. The van der Waals surface area contributed by atoms with Gasteiger partial charge in [-0.1, -0.05) is 36.4 Å². The van der Waals surface area contributed by atoms with Gasteiger partial charge in [-0.3, -0.25) is 14.2 Å². The van der Waals surface area contributed by atoms with Crippen molar-refractivity contribution in [3.63, 3.8) is 0 Å². The number of hydrogen-bond acceptors (Lipinski definition) is 5. The van der Waals surface area contributed by atoms with Gasteiger partial charge in [0.05, 0.1) is 16.6 Å². The van der Waals surface area contributed by atoms with E-state index in [0.717, 1.165) is 5.56 Å². The molecule has 1 N–H and O–H groups in total. The van der Waals surface area contributed by atoms with Crippen LogP contribution in [0, 0.1) is 5.82 Å². The van der Waals surface area contributed by atoms with Gasteiger partial charge in [0, 0.05) is 20.1 Å². The minimum Gasteiger partial charge on any atom is -0.486 e. The highest BCUT2D eigenvalue weighted by atomic mass is 19.1. The van der Waals surface area contributed by atoms with Crippen molar-refractivity contribution >= 4 is 22.5 Å². The Labute approximate surface area is 202 Å². The molecule has 7 nitrogen and oxygen atoms in total. The van der Waals surface area contributed by atoms with E-state index in [1.165, 1.54) is 16.7 Å². The first kappa shape index (κ1) is 24.1. The third-order valence-corrected chi connectivity index (χ3v) is 5.58. The smallest absolute Gasteiger partial charge is 0.261 e. The average Bonchev–Trinajstić information content (AvgIpc) is 2.87. The van der Waals surface area contributed by atoms with Gasteiger partial charge in [0.15, 0.2) is 0 Å². The van der Waals surface area contributed by atoms with E-state index < -0.39 is 17.8 Å². The molecule has 0 aliphatic carbocycles. The lowest BCUT2D eigenvalue weighted by Crippen LogP contribution is -2.32. The molecular weight excluding hydrogens is 449 g/mol. The zero-order valence-electron chi connectivity index (χ0n) is 19.5. The van der Waals surface area contributed by atoms with E-state index in [1.54, 1.807) is 50.4 Å². The largest absolute Gasteiger partial charge is 0.486 e. The third-order valence-electron chi connectivity index (χ3n) is 5.58. The summed E-state index contributed by atoms with van der Waals surface area (Å²) in [7, 11) is 1.67. The van der Waals surface area contributed by atoms with Gasteiger partial charge in [-0.05, 0) is 48.9 Å². The van der Waals surface area contributed by atoms with Gasteiger partial charge in [0.2, 0.25) is 0 Å². The summed E-state index contributed by atoms with van der Waals surface area (Å²) in [6, 6.07) is 20.4. The molecule has 0 spiro atoms. The number of benzene rings is 3. The summed E-state index contributed by atoms with van der Waals surface area (Å²) in [5.41, 5.74) is 1.47. The van der Waals surface area contributed by atoms with Gasteiger partial charge < -0.3 is 14.8 Å². The Kier molecular flexibility index (Phi) is 7.52. The molecule has 35 heavy (non-hydrogen) atoms. The molecule has 0 aliphatic heterocycles. The van der Waals surface area contributed by atoms with Gasteiger partial charge in [0.1, 0.15) is 30.1 Å². The Balaban J connectivity index is 1.41. The van der Waals surface area contributed by atoms with Crippen molar-refractivity contribution in [2.24, 2.45) is 7.05 Å². The standard InChI is InChI=1S/C27H26FN3O4/c1-3-34-24(26(32)30-23-11-7-5-9-21(23)28)16-18-12-14-19(15-13-18)35-17-25-29-22-10-6-4-8-20(22)27(33)31(25)2/h4-15,24H,3,16-17H2,1-2H3,(H,30,32). The van der Waals surface area contributed by atoms with Gasteiger partial charge in [-0.15, -0.1) is 0 Å². The van der Waals surface area contributed by atoms with E-state index in [-0.39, 0.29) is 17.9 Å². The van der Waals surface area contributed by atoms with Crippen molar-refractivity contribution in [1.82, 2.24) is 9.55 Å². The van der Waals surface area contributed by atoms with Crippen molar-refractivity contribution in [3.8, 4) is 5.75 Å². The Morgan fingerprint density at radius 3 is 2.51 bits per heavy atom. The molecule has 1 heterocycles. The first-order valence-electron chi connectivity index (χ1n) is 11.3. The molecule has 0 fully saturated rings. The van der Waals surface area contributed by atoms with Gasteiger partial charge in [-0.2, -0.15) is 0 Å². The molecular formula is C27H26FN3O4. The van der Waals surface area contributed by atoms with E-state index in [1.807, 2.05) is 24.3 Å². The van der Waals surface area contributed by atoms with Crippen LogP contribution in [0.1, 0.15) is 18.3 Å². The molecule has 0 aliphatic rings. The summed E-state index contributed by atoms with van der Waals surface area (Å²) in [4.78, 5) is 29.8. The lowest BCUT2D eigenvalue weighted by Gasteiger charge is -2.17. The van der Waals surface area contributed by atoms with Gasteiger partial charge in [0.25, 0.3) is 11.5 Å². The molecule has 180 valence electrons. The predicted molar refractivity (Wildman–Crippen MR) is 132 cm³/mol. The number of aromatic nitrogens is 2. The second-order valence-corrected chi connectivity index (χ2v) is 7.96. The van der Waals surface area contributed by atoms with Crippen molar-refractivity contribution in [1.29, 1.82) is 0 Å². The Hall–Kier alpha value is -4.04. The highest BCUT2D eigenvalue weighted by Gasteiger charge is 2.20. The summed E-state index contributed by atoms with van der Waals surface area (Å²) in [6.07, 6.45) is -0.461. The molecule has 1 aromatic heterocycles. The van der Waals surface area contributed by atoms with E-state index >= 15 is 0 Å². The van der Waals surface area contributed by atoms with Crippen LogP contribution in [-0.2, 0) is 29.6 Å². The van der Waals surface area contributed by atoms with Crippen LogP contribution < -0.4 is 15.6 Å². The molecule has 1 amide bonds. The molecule has 1 atom stereocenters. The molecule has 0 bridgehead atoms. The van der Waals surface area contributed by atoms with Crippen molar-refractivity contribution < 1.29 is 18.7 Å². The monoisotopic (exact) mass is 475 g/mol. The summed E-state index contributed by atoms with van der Waals surface area (Å²) in [5.74, 6) is 0.190. The van der Waals surface area contributed by atoms with Crippen LogP contribution in [0.2, 0.25) is 0 Å². The Morgan fingerprint density at radius 1 is 1.06 bits per heavy atom. The Morgan fingerprint density at radius 2 is 1.77 bits per heavy atom. The van der Waals surface area contributed by atoms with Crippen molar-refractivity contribution in [2.45, 2.75) is 26.1 Å². The molecule has 0 saturated heterocycles. The van der Waals surface area contributed by atoms with Crippen LogP contribution in [0.5, 0.6) is 5.75 Å².